The van der Waals surface area contributed by atoms with Crippen LogP contribution in [0.1, 0.15) is 6.42 Å². The van der Waals surface area contributed by atoms with Crippen molar-refractivity contribution in [2.75, 3.05) is 0 Å². The van der Waals surface area contributed by atoms with Gasteiger partial charge in [0.1, 0.15) is 17.4 Å². The van der Waals surface area contributed by atoms with Gasteiger partial charge in [0.25, 0.3) is 5.56 Å². The summed E-state index contributed by atoms with van der Waals surface area (Å²) in [6, 6.07) is 0.588. The number of hydrogen-bond donors (Lipinski definition) is 2. The first kappa shape index (κ1) is 14.9. The van der Waals surface area contributed by atoms with Gasteiger partial charge >= 0.3 is 5.97 Å². The molecule has 2 aromatic heterocycles. The molecule has 2 rings (SSSR count). The highest BCUT2D eigenvalue weighted by atomic mass is 32.1. The minimum Gasteiger partial charge on any atom is -0.480 e. The zero-order valence-corrected chi connectivity index (χ0v) is 11.8. The van der Waals surface area contributed by atoms with Crippen LogP contribution in [0.2, 0.25) is 0 Å². The second kappa shape index (κ2) is 6.31. The van der Waals surface area contributed by atoms with Crippen molar-refractivity contribution in [3.05, 3.63) is 40.8 Å². The van der Waals surface area contributed by atoms with Crippen LogP contribution >= 0.6 is 11.3 Å². The standard InChI is InChI=1S/C13H13N3O4S/c1-2-3-9(13(19)20)15-10(17)6-16-7-14-11-8(12(16)18)4-5-21-11/h2,4-5,7,9H,1,3,6H2,(H,15,17)(H,19,20). The fourth-order valence-electron chi connectivity index (χ4n) is 1.79. The van der Waals surface area contributed by atoms with Crippen LogP contribution in [0.15, 0.2) is 35.2 Å². The number of thiophene rings is 1. The maximum atomic E-state index is 12.1. The van der Waals surface area contributed by atoms with Gasteiger partial charge in [-0.1, -0.05) is 6.08 Å². The number of aliphatic carboxylic acids is 1. The molecular formula is C13H13N3O4S. The molecule has 0 fully saturated rings. The summed E-state index contributed by atoms with van der Waals surface area (Å²) in [7, 11) is 0. The molecule has 0 saturated heterocycles. The molecule has 1 amide bonds. The Kier molecular flexibility index (Phi) is 4.49. The minimum atomic E-state index is -1.15. The average molecular weight is 307 g/mol. The van der Waals surface area contributed by atoms with E-state index in [-0.39, 0.29) is 18.5 Å². The van der Waals surface area contributed by atoms with E-state index in [2.05, 4.69) is 16.9 Å². The van der Waals surface area contributed by atoms with Gasteiger partial charge in [-0.25, -0.2) is 9.78 Å². The topological polar surface area (TPSA) is 101 Å². The van der Waals surface area contributed by atoms with Crippen molar-refractivity contribution in [3.63, 3.8) is 0 Å². The maximum Gasteiger partial charge on any atom is 0.326 e. The van der Waals surface area contributed by atoms with Crippen LogP contribution in [0.5, 0.6) is 0 Å². The van der Waals surface area contributed by atoms with E-state index in [1.807, 2.05) is 0 Å². The third-order valence-corrected chi connectivity index (χ3v) is 3.62. The predicted octanol–water partition coefficient (Wildman–Crippen LogP) is 0.603. The van der Waals surface area contributed by atoms with E-state index in [0.717, 1.165) is 4.57 Å². The molecule has 110 valence electrons. The lowest BCUT2D eigenvalue weighted by atomic mass is 10.2. The Morgan fingerprint density at radius 1 is 1.57 bits per heavy atom. The molecule has 0 aliphatic rings. The first-order chi connectivity index (χ1) is 10.0. The molecule has 0 bridgehead atoms. The van der Waals surface area contributed by atoms with E-state index < -0.39 is 17.9 Å². The Morgan fingerprint density at radius 3 is 3.00 bits per heavy atom. The molecule has 0 aliphatic carbocycles. The molecule has 1 atom stereocenters. The zero-order valence-electron chi connectivity index (χ0n) is 11.0. The number of nitrogens with zero attached hydrogens (tertiary/aromatic N) is 2. The highest BCUT2D eigenvalue weighted by Gasteiger charge is 2.18. The van der Waals surface area contributed by atoms with Gasteiger partial charge < -0.3 is 10.4 Å². The van der Waals surface area contributed by atoms with E-state index in [1.165, 1.54) is 23.7 Å². The number of carboxylic acid groups (broad SMARTS) is 1. The van der Waals surface area contributed by atoms with Gasteiger partial charge in [0.05, 0.1) is 11.7 Å². The van der Waals surface area contributed by atoms with Gasteiger partial charge in [-0.05, 0) is 17.9 Å². The Hall–Kier alpha value is -2.48. The summed E-state index contributed by atoms with van der Waals surface area (Å²) in [6.07, 6.45) is 2.80. The molecule has 8 heteroatoms. The molecule has 21 heavy (non-hydrogen) atoms. The van der Waals surface area contributed by atoms with Gasteiger partial charge in [-0.2, -0.15) is 0 Å². The first-order valence-electron chi connectivity index (χ1n) is 6.08. The number of rotatable bonds is 6. The number of carbonyl (C=O) groups is 2. The average Bonchev–Trinajstić information content (AvgIpc) is 2.90. The number of carbonyl (C=O) groups excluding carboxylic acids is 1. The van der Waals surface area contributed by atoms with Crippen molar-refractivity contribution in [1.29, 1.82) is 0 Å². The number of carboxylic acids is 1. The second-order valence-corrected chi connectivity index (χ2v) is 5.19. The lowest BCUT2D eigenvalue weighted by Crippen LogP contribution is -2.43. The Balaban J connectivity index is 2.14. The number of nitrogens with one attached hydrogen (secondary N) is 1. The Labute approximate surface area is 123 Å². The molecular weight excluding hydrogens is 294 g/mol. The van der Waals surface area contributed by atoms with Gasteiger partial charge in [0.2, 0.25) is 5.91 Å². The quantitative estimate of drug-likeness (QED) is 0.761. The van der Waals surface area contributed by atoms with Crippen molar-refractivity contribution in [2.24, 2.45) is 0 Å². The third kappa shape index (κ3) is 3.34. The summed E-state index contributed by atoms with van der Waals surface area (Å²) in [5.74, 6) is -1.72. The monoisotopic (exact) mass is 307 g/mol. The number of amides is 1. The third-order valence-electron chi connectivity index (χ3n) is 2.80. The minimum absolute atomic E-state index is 0.109. The molecule has 2 heterocycles. The smallest absolute Gasteiger partial charge is 0.326 e. The summed E-state index contributed by atoms with van der Waals surface area (Å²) in [6.45, 7) is 3.16. The number of hydrogen-bond acceptors (Lipinski definition) is 5. The van der Waals surface area contributed by atoms with E-state index in [9.17, 15) is 14.4 Å². The van der Waals surface area contributed by atoms with Crippen molar-refractivity contribution in [2.45, 2.75) is 19.0 Å². The van der Waals surface area contributed by atoms with Crippen LogP contribution in [0, 0.1) is 0 Å². The van der Waals surface area contributed by atoms with Gasteiger partial charge in [-0.15, -0.1) is 17.9 Å². The Morgan fingerprint density at radius 2 is 2.33 bits per heavy atom. The summed E-state index contributed by atoms with van der Waals surface area (Å²) in [4.78, 5) is 39.5. The van der Waals surface area contributed by atoms with Crippen LogP contribution < -0.4 is 10.9 Å². The van der Waals surface area contributed by atoms with Crippen LogP contribution in [-0.2, 0) is 16.1 Å². The van der Waals surface area contributed by atoms with Crippen molar-refractivity contribution in [1.82, 2.24) is 14.9 Å². The van der Waals surface area contributed by atoms with E-state index in [4.69, 9.17) is 5.11 Å². The SMILES string of the molecule is C=CCC(NC(=O)Cn1cnc2sccc2c1=O)C(=O)O. The normalized spacial score (nSPS) is 12.0. The second-order valence-electron chi connectivity index (χ2n) is 4.30. The van der Waals surface area contributed by atoms with Crippen LogP contribution in [0.3, 0.4) is 0 Å². The van der Waals surface area contributed by atoms with Crippen molar-refractivity contribution < 1.29 is 14.7 Å². The number of aromatic nitrogens is 2. The molecule has 0 radical (unpaired) electrons. The number of fused-ring (bicyclic) bond motifs is 1. The largest absolute Gasteiger partial charge is 0.480 e. The fourth-order valence-corrected chi connectivity index (χ4v) is 2.51. The zero-order chi connectivity index (χ0) is 15.4. The lowest BCUT2D eigenvalue weighted by Gasteiger charge is -2.13. The summed E-state index contributed by atoms with van der Waals surface area (Å²) >= 11 is 1.34. The molecule has 7 nitrogen and oxygen atoms in total. The molecule has 0 aromatic carbocycles. The van der Waals surface area contributed by atoms with E-state index in [0.29, 0.717) is 10.2 Å². The summed E-state index contributed by atoms with van der Waals surface area (Å²) in [5, 5.41) is 13.5. The molecule has 0 aliphatic heterocycles. The first-order valence-corrected chi connectivity index (χ1v) is 6.96. The van der Waals surface area contributed by atoms with Gasteiger partial charge in [0.15, 0.2) is 0 Å². The maximum absolute atomic E-state index is 12.1. The molecule has 0 saturated carbocycles. The van der Waals surface area contributed by atoms with Crippen molar-refractivity contribution in [3.8, 4) is 0 Å². The van der Waals surface area contributed by atoms with Crippen LogP contribution in [0.4, 0.5) is 0 Å². The van der Waals surface area contributed by atoms with Crippen molar-refractivity contribution >= 4 is 33.4 Å². The molecule has 2 aromatic rings. The van der Waals surface area contributed by atoms with E-state index in [1.54, 1.807) is 11.4 Å². The molecule has 2 N–H and O–H groups in total. The lowest BCUT2D eigenvalue weighted by molar-refractivity contribution is -0.141. The molecule has 1 unspecified atom stereocenters. The van der Waals surface area contributed by atoms with Gasteiger partial charge in [-0.3, -0.25) is 14.2 Å². The van der Waals surface area contributed by atoms with Crippen LogP contribution in [0.25, 0.3) is 10.2 Å². The van der Waals surface area contributed by atoms with Gasteiger partial charge in [0, 0.05) is 0 Å². The highest BCUT2D eigenvalue weighted by Crippen LogP contribution is 2.13. The molecule has 0 spiro atoms. The predicted molar refractivity (Wildman–Crippen MR) is 78.3 cm³/mol. The van der Waals surface area contributed by atoms with Crippen LogP contribution in [-0.4, -0.2) is 32.6 Å². The summed E-state index contributed by atoms with van der Waals surface area (Å²) in [5.41, 5.74) is -0.327. The van der Waals surface area contributed by atoms with E-state index >= 15 is 0 Å². The fraction of sp³-hybridized carbons (Fsp3) is 0.231. The summed E-state index contributed by atoms with van der Waals surface area (Å²) < 4.78 is 1.15. The Bertz CT molecular complexity index is 749. The highest BCUT2D eigenvalue weighted by molar-refractivity contribution is 7.16.